The monoisotopic (exact) mass is 228 g/mol. The number of halogens is 2. The van der Waals surface area contributed by atoms with E-state index >= 15 is 0 Å². The topological polar surface area (TPSA) is 52.0 Å². The van der Waals surface area contributed by atoms with E-state index in [0.29, 0.717) is 23.5 Å². The lowest BCUT2D eigenvalue weighted by atomic mass is 10.2. The fraction of sp³-hybridized carbons (Fsp3) is 0.300. The van der Waals surface area contributed by atoms with E-state index in [-0.39, 0.29) is 10.9 Å². The number of fused-ring (bicyclic) bond motifs is 1. The Labute approximate surface area is 91.0 Å². The molecule has 80 valence electrons. The summed E-state index contributed by atoms with van der Waals surface area (Å²) < 4.78 is 18.5. The maximum atomic E-state index is 13.1. The molecule has 15 heavy (non-hydrogen) atoms. The molecule has 0 fully saturated rings. The van der Waals surface area contributed by atoms with Gasteiger partial charge in [-0.15, -0.1) is 0 Å². The van der Waals surface area contributed by atoms with Crippen LogP contribution in [0.1, 0.15) is 18.7 Å². The van der Waals surface area contributed by atoms with Gasteiger partial charge in [0.25, 0.3) is 0 Å². The summed E-state index contributed by atoms with van der Waals surface area (Å²) in [5, 5.41) is 0.0442. The van der Waals surface area contributed by atoms with E-state index in [1.807, 2.05) is 6.92 Å². The molecule has 0 amide bonds. The van der Waals surface area contributed by atoms with Gasteiger partial charge < -0.3 is 10.2 Å². The Hall–Kier alpha value is -1.13. The van der Waals surface area contributed by atoms with Crippen molar-refractivity contribution in [2.45, 2.75) is 12.8 Å². The Morgan fingerprint density at radius 2 is 2.33 bits per heavy atom. The van der Waals surface area contributed by atoms with Crippen molar-refractivity contribution in [3.05, 3.63) is 28.9 Å². The average Bonchev–Trinajstić information content (AvgIpc) is 2.60. The van der Waals surface area contributed by atoms with Gasteiger partial charge in [0.05, 0.1) is 5.02 Å². The minimum Gasteiger partial charge on any atom is -0.440 e. The van der Waals surface area contributed by atoms with Crippen LogP contribution in [0.5, 0.6) is 0 Å². The zero-order chi connectivity index (χ0) is 11.0. The second-order valence-corrected chi connectivity index (χ2v) is 3.83. The molecule has 0 bridgehead atoms. The quantitative estimate of drug-likeness (QED) is 0.860. The summed E-state index contributed by atoms with van der Waals surface area (Å²) in [6, 6.07) is 2.68. The normalized spacial score (nSPS) is 13.3. The fourth-order valence-corrected chi connectivity index (χ4v) is 1.41. The minimum absolute atomic E-state index is 0.0132. The number of hydrogen-bond acceptors (Lipinski definition) is 3. The second kappa shape index (κ2) is 3.79. The van der Waals surface area contributed by atoms with Crippen molar-refractivity contribution in [2.75, 3.05) is 6.54 Å². The van der Waals surface area contributed by atoms with E-state index in [1.165, 1.54) is 12.1 Å². The molecule has 1 aromatic carbocycles. The molecule has 2 N–H and O–H groups in total. The van der Waals surface area contributed by atoms with Crippen molar-refractivity contribution in [1.29, 1.82) is 0 Å². The van der Waals surface area contributed by atoms with Crippen molar-refractivity contribution in [1.82, 2.24) is 4.98 Å². The highest BCUT2D eigenvalue weighted by molar-refractivity contribution is 6.31. The predicted octanol–water partition coefficient (Wildman–Crippen LogP) is 2.68. The van der Waals surface area contributed by atoms with Gasteiger partial charge in [-0.25, -0.2) is 9.37 Å². The van der Waals surface area contributed by atoms with E-state index < -0.39 is 5.82 Å². The van der Waals surface area contributed by atoms with Crippen LogP contribution in [0.2, 0.25) is 5.02 Å². The largest absolute Gasteiger partial charge is 0.440 e. The maximum Gasteiger partial charge on any atom is 0.199 e. The molecule has 0 saturated carbocycles. The van der Waals surface area contributed by atoms with E-state index in [2.05, 4.69) is 4.98 Å². The number of hydrogen-bond donors (Lipinski definition) is 1. The molecule has 1 heterocycles. The smallest absolute Gasteiger partial charge is 0.199 e. The Balaban J connectivity index is 2.56. The molecule has 2 aromatic rings. The third-order valence-corrected chi connectivity index (χ3v) is 2.51. The summed E-state index contributed by atoms with van der Waals surface area (Å²) in [5.41, 5.74) is 6.43. The van der Waals surface area contributed by atoms with Crippen LogP contribution < -0.4 is 5.73 Å². The Bertz CT molecular complexity index is 458. The Kier molecular flexibility index (Phi) is 2.63. The van der Waals surface area contributed by atoms with Crippen molar-refractivity contribution in [3.63, 3.8) is 0 Å². The van der Waals surface area contributed by atoms with Crippen molar-refractivity contribution in [3.8, 4) is 0 Å². The fourth-order valence-electron chi connectivity index (χ4n) is 1.25. The number of rotatable bonds is 2. The second-order valence-electron chi connectivity index (χ2n) is 3.42. The molecule has 0 spiro atoms. The highest BCUT2D eigenvalue weighted by Gasteiger charge is 2.13. The van der Waals surface area contributed by atoms with E-state index in [9.17, 15) is 4.39 Å². The Morgan fingerprint density at radius 1 is 1.60 bits per heavy atom. The lowest BCUT2D eigenvalue weighted by molar-refractivity contribution is 0.488. The number of nitrogens with two attached hydrogens (primary N) is 1. The van der Waals surface area contributed by atoms with Crippen LogP contribution in [0.25, 0.3) is 11.1 Å². The van der Waals surface area contributed by atoms with Crippen LogP contribution in [0.15, 0.2) is 16.5 Å². The molecule has 0 radical (unpaired) electrons. The number of aromatic nitrogens is 1. The first kappa shape index (κ1) is 10.4. The van der Waals surface area contributed by atoms with Crippen LogP contribution in [0.4, 0.5) is 4.39 Å². The van der Waals surface area contributed by atoms with Gasteiger partial charge in [-0.2, -0.15) is 0 Å². The first-order valence-electron chi connectivity index (χ1n) is 4.57. The zero-order valence-corrected chi connectivity index (χ0v) is 8.88. The molecule has 0 saturated heterocycles. The van der Waals surface area contributed by atoms with Gasteiger partial charge in [-0.05, 0) is 6.07 Å². The molecule has 0 aliphatic heterocycles. The molecule has 1 atom stereocenters. The predicted molar refractivity (Wildman–Crippen MR) is 56.4 cm³/mol. The maximum absolute atomic E-state index is 13.1. The molecule has 2 rings (SSSR count). The molecular formula is C10H10ClFN2O. The van der Waals surface area contributed by atoms with Crippen molar-refractivity contribution in [2.24, 2.45) is 5.73 Å². The summed E-state index contributed by atoms with van der Waals surface area (Å²) in [4.78, 5) is 4.19. The summed E-state index contributed by atoms with van der Waals surface area (Å²) in [6.07, 6.45) is 0. The lowest BCUT2D eigenvalue weighted by Gasteiger charge is -1.99. The summed E-state index contributed by atoms with van der Waals surface area (Å²) >= 11 is 5.63. The van der Waals surface area contributed by atoms with Gasteiger partial charge in [0.2, 0.25) is 0 Å². The molecule has 3 nitrogen and oxygen atoms in total. The van der Waals surface area contributed by atoms with E-state index in [0.717, 1.165) is 0 Å². The highest BCUT2D eigenvalue weighted by Crippen LogP contribution is 2.25. The molecular weight excluding hydrogens is 219 g/mol. The van der Waals surface area contributed by atoms with Gasteiger partial charge in [-0.3, -0.25) is 0 Å². The highest BCUT2D eigenvalue weighted by atomic mass is 35.5. The van der Waals surface area contributed by atoms with Crippen LogP contribution in [0.3, 0.4) is 0 Å². The van der Waals surface area contributed by atoms with Crippen LogP contribution in [-0.2, 0) is 0 Å². The van der Waals surface area contributed by atoms with E-state index in [1.54, 1.807) is 0 Å². The van der Waals surface area contributed by atoms with Gasteiger partial charge in [0.15, 0.2) is 11.5 Å². The standard InChI is InChI=1S/C10H10ClFN2O/c1-5(4-13)10-14-8-2-6(11)7(12)3-9(8)15-10/h2-3,5H,4,13H2,1H3. The van der Waals surface area contributed by atoms with Gasteiger partial charge in [-0.1, -0.05) is 18.5 Å². The molecule has 1 unspecified atom stereocenters. The van der Waals surface area contributed by atoms with Gasteiger partial charge in [0, 0.05) is 18.5 Å². The Morgan fingerprint density at radius 3 is 3.00 bits per heavy atom. The van der Waals surface area contributed by atoms with Gasteiger partial charge >= 0.3 is 0 Å². The van der Waals surface area contributed by atoms with Crippen LogP contribution >= 0.6 is 11.6 Å². The summed E-state index contributed by atoms with van der Waals surface area (Å²) in [5.74, 6) is 0.0145. The van der Waals surface area contributed by atoms with Crippen LogP contribution in [-0.4, -0.2) is 11.5 Å². The summed E-state index contributed by atoms with van der Waals surface area (Å²) in [7, 11) is 0. The van der Waals surface area contributed by atoms with Crippen molar-refractivity contribution < 1.29 is 8.81 Å². The first-order chi connectivity index (χ1) is 7.11. The summed E-state index contributed by atoms with van der Waals surface area (Å²) in [6.45, 7) is 2.33. The van der Waals surface area contributed by atoms with Crippen LogP contribution in [0, 0.1) is 5.82 Å². The third-order valence-electron chi connectivity index (χ3n) is 2.22. The van der Waals surface area contributed by atoms with E-state index in [4.69, 9.17) is 21.8 Å². The first-order valence-corrected chi connectivity index (χ1v) is 4.95. The zero-order valence-electron chi connectivity index (χ0n) is 8.13. The molecule has 1 aromatic heterocycles. The van der Waals surface area contributed by atoms with Crippen molar-refractivity contribution >= 4 is 22.7 Å². The number of benzene rings is 1. The number of nitrogens with zero attached hydrogens (tertiary/aromatic N) is 1. The lowest BCUT2D eigenvalue weighted by Crippen LogP contribution is -2.08. The molecule has 0 aliphatic rings. The number of oxazole rings is 1. The average molecular weight is 229 g/mol. The minimum atomic E-state index is -0.507. The van der Waals surface area contributed by atoms with Gasteiger partial charge in [0.1, 0.15) is 11.3 Å². The molecule has 5 heteroatoms. The molecule has 0 aliphatic carbocycles. The SMILES string of the molecule is CC(CN)c1nc2cc(Cl)c(F)cc2o1. The third kappa shape index (κ3) is 1.82.